The third-order valence-corrected chi connectivity index (χ3v) is 7.98. The Kier molecular flexibility index (Phi) is 9.04. The zero-order valence-corrected chi connectivity index (χ0v) is 22.9. The smallest absolute Gasteiger partial charge is 0.243 e. The second-order valence-electron chi connectivity index (χ2n) is 9.92. The van der Waals surface area contributed by atoms with Crippen LogP contribution in [0.4, 0.5) is 11.4 Å². The van der Waals surface area contributed by atoms with E-state index < -0.39 is 28.7 Å². The lowest BCUT2D eigenvalue weighted by Crippen LogP contribution is -2.52. The van der Waals surface area contributed by atoms with Crippen molar-refractivity contribution in [3.63, 3.8) is 0 Å². The van der Waals surface area contributed by atoms with Crippen molar-refractivity contribution in [2.24, 2.45) is 0 Å². The van der Waals surface area contributed by atoms with Gasteiger partial charge in [0.2, 0.25) is 24.5 Å². The molecular weight excluding hydrogens is 506 g/mol. The lowest BCUT2D eigenvalue weighted by molar-refractivity contribution is -0.126. The Labute approximate surface area is 225 Å². The molecule has 10 heteroatoms. The number of aryl methyl sites for hydroxylation is 2. The second kappa shape index (κ2) is 12.4. The van der Waals surface area contributed by atoms with E-state index in [9.17, 15) is 18.6 Å². The topological polar surface area (TPSA) is 114 Å². The molecule has 2 aliphatic rings. The first-order chi connectivity index (χ1) is 18.2. The lowest BCUT2D eigenvalue weighted by Gasteiger charge is -2.32. The number of carbonyl (C=O) groups excluding carboxylic acids is 3. The number of hydrogen-bond donors (Lipinski definition) is 2. The Balaban J connectivity index is 1.43. The molecule has 0 bridgehead atoms. The van der Waals surface area contributed by atoms with Crippen molar-refractivity contribution in [3.05, 3.63) is 47.5 Å². The minimum absolute atomic E-state index is 0.101. The Morgan fingerprint density at radius 2 is 1.74 bits per heavy atom. The fourth-order valence-electron chi connectivity index (χ4n) is 4.90. The molecule has 1 fully saturated rings. The SMILES string of the molecule is Cc1ccc(N(C(=O)CS(=O)CC(=O)Nc2ccc3c(c2)OCO3)C(C)C(=O)NC2CCCCC2)c(C)c1. The first kappa shape index (κ1) is 27.6. The molecule has 38 heavy (non-hydrogen) atoms. The fraction of sp³-hybridized carbons (Fsp3) is 0.464. The summed E-state index contributed by atoms with van der Waals surface area (Å²) in [6, 6.07) is 9.90. The second-order valence-corrected chi connectivity index (χ2v) is 11.4. The van der Waals surface area contributed by atoms with Crippen LogP contribution in [0.15, 0.2) is 36.4 Å². The molecule has 2 N–H and O–H groups in total. The van der Waals surface area contributed by atoms with Crippen LogP contribution in [0, 0.1) is 13.8 Å². The Bertz CT molecular complexity index is 1230. The minimum Gasteiger partial charge on any atom is -0.454 e. The van der Waals surface area contributed by atoms with Gasteiger partial charge >= 0.3 is 0 Å². The van der Waals surface area contributed by atoms with Crippen molar-refractivity contribution in [1.82, 2.24) is 5.32 Å². The van der Waals surface area contributed by atoms with Gasteiger partial charge < -0.3 is 20.1 Å². The van der Waals surface area contributed by atoms with Gasteiger partial charge in [-0.05, 0) is 57.4 Å². The van der Waals surface area contributed by atoms with E-state index >= 15 is 0 Å². The fourth-order valence-corrected chi connectivity index (χ4v) is 5.78. The van der Waals surface area contributed by atoms with Crippen LogP contribution < -0.4 is 25.0 Å². The van der Waals surface area contributed by atoms with Crippen LogP contribution in [0.3, 0.4) is 0 Å². The molecule has 1 aliphatic carbocycles. The summed E-state index contributed by atoms with van der Waals surface area (Å²) in [5, 5.41) is 5.78. The van der Waals surface area contributed by atoms with Crippen LogP contribution in [0.1, 0.15) is 50.2 Å². The van der Waals surface area contributed by atoms with E-state index in [1.807, 2.05) is 32.0 Å². The van der Waals surface area contributed by atoms with Gasteiger partial charge in [0.25, 0.3) is 0 Å². The molecule has 0 radical (unpaired) electrons. The third-order valence-electron chi connectivity index (χ3n) is 6.83. The first-order valence-corrected chi connectivity index (χ1v) is 14.4. The van der Waals surface area contributed by atoms with Crippen molar-refractivity contribution < 1.29 is 28.1 Å². The highest BCUT2D eigenvalue weighted by molar-refractivity contribution is 7.86. The third kappa shape index (κ3) is 6.92. The van der Waals surface area contributed by atoms with E-state index in [2.05, 4.69) is 10.6 Å². The Morgan fingerprint density at radius 1 is 1.00 bits per heavy atom. The molecule has 2 aromatic carbocycles. The van der Waals surface area contributed by atoms with Gasteiger partial charge in [-0.2, -0.15) is 0 Å². The molecule has 2 unspecified atom stereocenters. The van der Waals surface area contributed by atoms with Gasteiger partial charge in [0, 0.05) is 34.3 Å². The molecule has 0 spiro atoms. The summed E-state index contributed by atoms with van der Waals surface area (Å²) in [4.78, 5) is 40.6. The number of hydrogen-bond acceptors (Lipinski definition) is 6. The predicted octanol–water partition coefficient (Wildman–Crippen LogP) is 3.59. The zero-order valence-electron chi connectivity index (χ0n) is 22.1. The Hall–Kier alpha value is -3.40. The van der Waals surface area contributed by atoms with Crippen LogP contribution in [0.25, 0.3) is 0 Å². The molecule has 204 valence electrons. The van der Waals surface area contributed by atoms with Crippen LogP contribution in [-0.4, -0.2) is 52.3 Å². The van der Waals surface area contributed by atoms with Crippen LogP contribution in [0.5, 0.6) is 11.5 Å². The van der Waals surface area contributed by atoms with Crippen molar-refractivity contribution in [3.8, 4) is 11.5 Å². The van der Waals surface area contributed by atoms with E-state index in [1.54, 1.807) is 25.1 Å². The molecule has 9 nitrogen and oxygen atoms in total. The van der Waals surface area contributed by atoms with Crippen molar-refractivity contribution in [2.45, 2.75) is 65.0 Å². The van der Waals surface area contributed by atoms with Crippen molar-refractivity contribution >= 4 is 39.9 Å². The maximum Gasteiger partial charge on any atom is 0.243 e. The van der Waals surface area contributed by atoms with Gasteiger partial charge in [0.15, 0.2) is 11.5 Å². The normalized spacial score (nSPS) is 16.4. The summed E-state index contributed by atoms with van der Waals surface area (Å²) in [5.41, 5.74) is 2.94. The van der Waals surface area contributed by atoms with Gasteiger partial charge in [-0.25, -0.2) is 0 Å². The number of nitrogens with one attached hydrogen (secondary N) is 2. The van der Waals surface area contributed by atoms with Crippen LogP contribution >= 0.6 is 0 Å². The first-order valence-electron chi connectivity index (χ1n) is 13.0. The van der Waals surface area contributed by atoms with Crippen LogP contribution in [0.2, 0.25) is 0 Å². The zero-order chi connectivity index (χ0) is 27.2. The highest BCUT2D eigenvalue weighted by atomic mass is 32.2. The number of fused-ring (bicyclic) bond motifs is 1. The number of ether oxygens (including phenoxy) is 2. The minimum atomic E-state index is -1.79. The molecule has 2 atom stereocenters. The van der Waals surface area contributed by atoms with E-state index in [0.717, 1.165) is 36.8 Å². The summed E-state index contributed by atoms with van der Waals surface area (Å²) < 4.78 is 23.5. The van der Waals surface area contributed by atoms with E-state index in [-0.39, 0.29) is 30.2 Å². The predicted molar refractivity (Wildman–Crippen MR) is 147 cm³/mol. The van der Waals surface area contributed by atoms with Gasteiger partial charge in [-0.1, -0.05) is 37.0 Å². The summed E-state index contributed by atoms with van der Waals surface area (Å²) in [6.45, 7) is 5.64. The van der Waals surface area contributed by atoms with Gasteiger partial charge in [-0.15, -0.1) is 0 Å². The average Bonchev–Trinajstić information content (AvgIpc) is 3.33. The summed E-state index contributed by atoms with van der Waals surface area (Å²) in [5.74, 6) is -0.842. The highest BCUT2D eigenvalue weighted by Crippen LogP contribution is 2.34. The molecule has 1 heterocycles. The van der Waals surface area contributed by atoms with Crippen molar-refractivity contribution in [2.75, 3.05) is 28.5 Å². The van der Waals surface area contributed by atoms with E-state index in [4.69, 9.17) is 9.47 Å². The number of rotatable bonds is 9. The number of anilines is 2. The maximum atomic E-state index is 13.5. The Morgan fingerprint density at radius 3 is 2.47 bits per heavy atom. The highest BCUT2D eigenvalue weighted by Gasteiger charge is 2.31. The van der Waals surface area contributed by atoms with Gasteiger partial charge in [0.1, 0.15) is 17.5 Å². The number of carbonyl (C=O) groups is 3. The number of nitrogens with zero attached hydrogens (tertiary/aromatic N) is 1. The van der Waals surface area contributed by atoms with Gasteiger partial charge in [0.05, 0.1) is 0 Å². The van der Waals surface area contributed by atoms with Crippen LogP contribution in [-0.2, 0) is 25.2 Å². The van der Waals surface area contributed by atoms with E-state index in [0.29, 0.717) is 22.9 Å². The summed E-state index contributed by atoms with van der Waals surface area (Å²) >= 11 is 0. The quantitative estimate of drug-likeness (QED) is 0.502. The number of benzene rings is 2. The summed E-state index contributed by atoms with van der Waals surface area (Å²) in [6.07, 6.45) is 5.18. The maximum absolute atomic E-state index is 13.5. The summed E-state index contributed by atoms with van der Waals surface area (Å²) in [7, 11) is -1.79. The standard InChI is InChI=1S/C28H35N3O6S/c1-18-9-11-23(19(2)13-18)31(20(3)28(34)30-21-7-5-4-6-8-21)27(33)16-38(35)15-26(32)29-22-10-12-24-25(14-22)37-17-36-24/h9-14,20-21H,4-8,15-17H2,1-3H3,(H,29,32)(H,30,34). The van der Waals surface area contributed by atoms with E-state index in [1.165, 1.54) is 11.3 Å². The molecule has 1 aliphatic heterocycles. The molecular formula is C28H35N3O6S. The number of amides is 3. The van der Waals surface area contributed by atoms with Crippen molar-refractivity contribution in [1.29, 1.82) is 0 Å². The molecule has 0 aromatic heterocycles. The lowest BCUT2D eigenvalue weighted by atomic mass is 9.95. The molecule has 4 rings (SSSR count). The molecule has 0 saturated heterocycles. The molecule has 1 saturated carbocycles. The monoisotopic (exact) mass is 541 g/mol. The average molecular weight is 542 g/mol. The largest absolute Gasteiger partial charge is 0.454 e. The van der Waals surface area contributed by atoms with Gasteiger partial charge in [-0.3, -0.25) is 23.5 Å². The molecule has 2 aromatic rings. The molecule has 3 amide bonds.